The molecule has 4 N–H and O–H groups in total. The molecule has 0 spiro atoms. The molecular formula is C29H29N9S. The molecule has 39 heavy (non-hydrogen) atoms. The molecule has 4 heterocycles. The van der Waals surface area contributed by atoms with Crippen LogP contribution in [0, 0.1) is 18.3 Å². The highest BCUT2D eigenvalue weighted by molar-refractivity contribution is 7.22. The van der Waals surface area contributed by atoms with Crippen molar-refractivity contribution in [1.82, 2.24) is 24.5 Å². The van der Waals surface area contributed by atoms with Gasteiger partial charge in [0.05, 0.1) is 15.8 Å². The number of thiazole rings is 1. The van der Waals surface area contributed by atoms with Gasteiger partial charge in [-0.05, 0) is 74.1 Å². The average molecular weight is 536 g/mol. The number of anilines is 3. The van der Waals surface area contributed by atoms with Crippen molar-refractivity contribution < 1.29 is 0 Å². The van der Waals surface area contributed by atoms with E-state index in [4.69, 9.17) is 15.7 Å². The molecule has 5 aromatic rings. The summed E-state index contributed by atoms with van der Waals surface area (Å²) in [5, 5.41) is 17.1. The van der Waals surface area contributed by atoms with Crippen LogP contribution in [0.15, 0.2) is 61.2 Å². The van der Waals surface area contributed by atoms with E-state index in [1.807, 2.05) is 37.5 Å². The molecule has 1 aliphatic rings. The SMILES string of the molecule is Cc1nccn1Cc1cc(Nc2nc3ccc(-c4cncc(C#N)c4)cc3s2)nc(NC2CCC(N)CC2)c1. The summed E-state index contributed by atoms with van der Waals surface area (Å²) >= 11 is 1.57. The summed E-state index contributed by atoms with van der Waals surface area (Å²) < 4.78 is 3.16. The number of fused-ring (bicyclic) bond motifs is 1. The largest absolute Gasteiger partial charge is 0.367 e. The predicted molar refractivity (Wildman–Crippen MR) is 155 cm³/mol. The van der Waals surface area contributed by atoms with Gasteiger partial charge < -0.3 is 20.9 Å². The summed E-state index contributed by atoms with van der Waals surface area (Å²) in [5.41, 5.74) is 10.6. The zero-order chi connectivity index (χ0) is 26.8. The Kier molecular flexibility index (Phi) is 6.92. The second kappa shape index (κ2) is 10.8. The van der Waals surface area contributed by atoms with E-state index in [0.29, 0.717) is 24.2 Å². The average Bonchev–Trinajstić information content (AvgIpc) is 3.54. The lowest BCUT2D eigenvalue weighted by atomic mass is 9.92. The molecule has 0 aliphatic heterocycles. The highest BCUT2D eigenvalue weighted by Gasteiger charge is 2.19. The minimum Gasteiger partial charge on any atom is -0.367 e. The summed E-state index contributed by atoms with van der Waals surface area (Å²) in [7, 11) is 0. The second-order valence-corrected chi connectivity index (χ2v) is 11.0. The molecule has 9 nitrogen and oxygen atoms in total. The second-order valence-electron chi connectivity index (χ2n) is 10.0. The number of nitrogens with two attached hydrogens (primary N) is 1. The van der Waals surface area contributed by atoms with E-state index in [-0.39, 0.29) is 0 Å². The number of nitrogens with one attached hydrogen (secondary N) is 2. The minimum absolute atomic E-state index is 0.301. The number of pyridine rings is 2. The van der Waals surface area contributed by atoms with Crippen LogP contribution in [-0.2, 0) is 6.54 Å². The van der Waals surface area contributed by atoms with Crippen molar-refractivity contribution in [3.8, 4) is 17.2 Å². The molecule has 196 valence electrons. The Morgan fingerprint density at radius 1 is 1.05 bits per heavy atom. The van der Waals surface area contributed by atoms with Gasteiger partial charge in [0.2, 0.25) is 0 Å². The molecule has 0 amide bonds. The van der Waals surface area contributed by atoms with E-state index in [9.17, 15) is 5.26 Å². The molecule has 1 saturated carbocycles. The number of imidazole rings is 1. The minimum atomic E-state index is 0.301. The number of rotatable bonds is 7. The number of aryl methyl sites for hydroxylation is 1. The third-order valence-electron chi connectivity index (χ3n) is 7.11. The maximum atomic E-state index is 9.22. The fourth-order valence-corrected chi connectivity index (χ4v) is 5.89. The topological polar surface area (TPSA) is 130 Å². The monoisotopic (exact) mass is 535 g/mol. The molecule has 1 aliphatic carbocycles. The summed E-state index contributed by atoms with van der Waals surface area (Å²) in [6.07, 6.45) is 11.3. The Balaban J connectivity index is 1.28. The molecule has 0 unspecified atom stereocenters. The molecule has 1 fully saturated rings. The van der Waals surface area contributed by atoms with E-state index < -0.39 is 0 Å². The van der Waals surface area contributed by atoms with Crippen LogP contribution in [0.5, 0.6) is 0 Å². The van der Waals surface area contributed by atoms with Crippen molar-refractivity contribution in [2.24, 2.45) is 5.73 Å². The maximum Gasteiger partial charge on any atom is 0.189 e. The summed E-state index contributed by atoms with van der Waals surface area (Å²) in [6, 6.07) is 14.9. The Hall–Kier alpha value is -4.33. The van der Waals surface area contributed by atoms with Crippen molar-refractivity contribution in [2.45, 2.75) is 51.2 Å². The van der Waals surface area contributed by atoms with Gasteiger partial charge >= 0.3 is 0 Å². The first-order chi connectivity index (χ1) is 19.0. The Bertz CT molecular complexity index is 1660. The van der Waals surface area contributed by atoms with Gasteiger partial charge in [-0.3, -0.25) is 4.98 Å². The molecular weight excluding hydrogens is 506 g/mol. The van der Waals surface area contributed by atoms with Crippen molar-refractivity contribution in [1.29, 1.82) is 5.26 Å². The highest BCUT2D eigenvalue weighted by Crippen LogP contribution is 2.32. The standard InChI is InChI=1S/C29H29N9S/c1-18-33-8-9-38(18)17-19-11-27(34-24-5-3-23(31)4-6-24)36-28(12-19)37-29-35-25-7-2-21(13-26(25)39-29)22-10-20(14-30)15-32-16-22/h2,7-13,15-16,23-24H,3-6,17,31H2,1H3,(H2,34,35,36,37). The van der Waals surface area contributed by atoms with Gasteiger partial charge in [0.25, 0.3) is 0 Å². The predicted octanol–water partition coefficient (Wildman–Crippen LogP) is 5.60. The number of hydrogen-bond donors (Lipinski definition) is 3. The highest BCUT2D eigenvalue weighted by atomic mass is 32.1. The van der Waals surface area contributed by atoms with Gasteiger partial charge in [0, 0.05) is 49.0 Å². The van der Waals surface area contributed by atoms with Crippen LogP contribution in [0.4, 0.5) is 16.8 Å². The third-order valence-corrected chi connectivity index (χ3v) is 8.04. The van der Waals surface area contributed by atoms with Crippen LogP contribution >= 0.6 is 11.3 Å². The van der Waals surface area contributed by atoms with Crippen LogP contribution < -0.4 is 16.4 Å². The first kappa shape index (κ1) is 25.0. The van der Waals surface area contributed by atoms with Crippen LogP contribution in [0.3, 0.4) is 0 Å². The van der Waals surface area contributed by atoms with Crippen molar-refractivity contribution >= 4 is 38.3 Å². The van der Waals surface area contributed by atoms with Crippen molar-refractivity contribution in [2.75, 3.05) is 10.6 Å². The summed E-state index contributed by atoms with van der Waals surface area (Å²) in [6.45, 7) is 2.71. The third kappa shape index (κ3) is 5.74. The normalized spacial score (nSPS) is 17.2. The van der Waals surface area contributed by atoms with Crippen LogP contribution in [0.25, 0.3) is 21.3 Å². The van der Waals surface area contributed by atoms with Crippen LogP contribution in [0.2, 0.25) is 0 Å². The molecule has 1 aromatic carbocycles. The van der Waals surface area contributed by atoms with Crippen LogP contribution in [-0.4, -0.2) is 36.6 Å². The molecule has 10 heteroatoms. The zero-order valence-electron chi connectivity index (χ0n) is 21.6. The van der Waals surface area contributed by atoms with Gasteiger partial charge in [-0.25, -0.2) is 15.0 Å². The molecule has 0 saturated heterocycles. The number of aromatic nitrogens is 5. The lowest BCUT2D eigenvalue weighted by Gasteiger charge is -2.27. The fraction of sp³-hybridized carbons (Fsp3) is 0.276. The number of hydrogen-bond acceptors (Lipinski definition) is 9. The van der Waals surface area contributed by atoms with Gasteiger partial charge in [-0.2, -0.15) is 5.26 Å². The van der Waals surface area contributed by atoms with Crippen LogP contribution in [0.1, 0.15) is 42.6 Å². The lowest BCUT2D eigenvalue weighted by Crippen LogP contribution is -2.33. The van der Waals surface area contributed by atoms with E-state index in [1.54, 1.807) is 23.7 Å². The first-order valence-corrected chi connectivity index (χ1v) is 13.9. The Labute approximate surface area is 230 Å². The Morgan fingerprint density at radius 2 is 1.90 bits per heavy atom. The molecule has 0 radical (unpaired) electrons. The smallest absolute Gasteiger partial charge is 0.189 e. The number of benzene rings is 1. The molecule has 0 atom stereocenters. The number of nitrogens with zero attached hydrogens (tertiary/aromatic N) is 6. The molecule has 0 bridgehead atoms. The molecule has 6 rings (SSSR count). The van der Waals surface area contributed by atoms with E-state index in [2.05, 4.69) is 49.4 Å². The quantitative estimate of drug-likeness (QED) is 0.245. The Morgan fingerprint density at radius 3 is 2.69 bits per heavy atom. The van der Waals surface area contributed by atoms with Gasteiger partial charge in [-0.15, -0.1) is 0 Å². The van der Waals surface area contributed by atoms with Gasteiger partial charge in [0.1, 0.15) is 23.5 Å². The van der Waals surface area contributed by atoms with E-state index in [0.717, 1.165) is 75.2 Å². The molecule has 4 aromatic heterocycles. The zero-order valence-corrected chi connectivity index (χ0v) is 22.4. The van der Waals surface area contributed by atoms with Gasteiger partial charge in [-0.1, -0.05) is 17.4 Å². The van der Waals surface area contributed by atoms with Gasteiger partial charge in [0.15, 0.2) is 5.13 Å². The summed E-state index contributed by atoms with van der Waals surface area (Å²) in [4.78, 5) is 18.3. The van der Waals surface area contributed by atoms with Crippen molar-refractivity contribution in [3.05, 3.63) is 78.1 Å². The first-order valence-electron chi connectivity index (χ1n) is 13.1. The lowest BCUT2D eigenvalue weighted by molar-refractivity contribution is 0.410. The number of nitriles is 1. The van der Waals surface area contributed by atoms with Crippen molar-refractivity contribution in [3.63, 3.8) is 0 Å². The van der Waals surface area contributed by atoms with E-state index >= 15 is 0 Å². The summed E-state index contributed by atoms with van der Waals surface area (Å²) in [5.74, 6) is 2.56. The van der Waals surface area contributed by atoms with E-state index in [1.165, 1.54) is 0 Å². The fourth-order valence-electron chi connectivity index (χ4n) is 4.98. The maximum absolute atomic E-state index is 9.22.